The lowest BCUT2D eigenvalue weighted by Gasteiger charge is -2.26. The molecule has 2 aromatic carbocycles. The molecule has 154 valence electrons. The first-order chi connectivity index (χ1) is 13.6. The molecule has 29 heavy (non-hydrogen) atoms. The van der Waals surface area contributed by atoms with Gasteiger partial charge < -0.3 is 25.4 Å². The van der Waals surface area contributed by atoms with E-state index in [1.165, 1.54) is 5.56 Å². The summed E-state index contributed by atoms with van der Waals surface area (Å²) in [7, 11) is 0. The van der Waals surface area contributed by atoms with Gasteiger partial charge in [-0.25, -0.2) is 0 Å². The second-order valence-electron chi connectivity index (χ2n) is 6.98. The topological polar surface area (TPSA) is 88.7 Å². The molecule has 0 spiro atoms. The molecule has 0 bridgehead atoms. The van der Waals surface area contributed by atoms with E-state index in [2.05, 4.69) is 22.0 Å². The van der Waals surface area contributed by atoms with Crippen molar-refractivity contribution in [3.63, 3.8) is 0 Å². The van der Waals surface area contributed by atoms with Crippen molar-refractivity contribution in [1.29, 1.82) is 0 Å². The van der Waals surface area contributed by atoms with Crippen molar-refractivity contribution in [2.75, 3.05) is 18.5 Å². The van der Waals surface area contributed by atoms with Crippen LogP contribution >= 0.6 is 12.4 Å². The van der Waals surface area contributed by atoms with Crippen molar-refractivity contribution in [2.45, 2.75) is 32.0 Å². The SMILES string of the molecule is C[C@H](NC(=O)[C@@H]1Cc2ccccc2CN1)C(=O)Nc1ccc2c(c1)OCCO2.Cl. The van der Waals surface area contributed by atoms with Crippen LogP contribution in [0.15, 0.2) is 42.5 Å². The van der Waals surface area contributed by atoms with Crippen LogP contribution in [0.25, 0.3) is 0 Å². The van der Waals surface area contributed by atoms with E-state index in [0.29, 0.717) is 43.4 Å². The number of carbonyl (C=O) groups is 2. The zero-order valence-electron chi connectivity index (χ0n) is 16.1. The molecule has 2 atom stereocenters. The number of benzene rings is 2. The fraction of sp³-hybridized carbons (Fsp3) is 0.333. The van der Waals surface area contributed by atoms with Gasteiger partial charge in [0.05, 0.1) is 6.04 Å². The molecule has 2 aliphatic heterocycles. The maximum absolute atomic E-state index is 12.6. The highest BCUT2D eigenvalue weighted by atomic mass is 35.5. The Balaban J connectivity index is 0.00000240. The Morgan fingerprint density at radius 3 is 2.59 bits per heavy atom. The largest absolute Gasteiger partial charge is 0.486 e. The maximum Gasteiger partial charge on any atom is 0.246 e. The van der Waals surface area contributed by atoms with E-state index in [1.54, 1.807) is 25.1 Å². The molecule has 8 heteroatoms. The lowest BCUT2D eigenvalue weighted by Crippen LogP contribution is -2.52. The number of nitrogens with one attached hydrogen (secondary N) is 3. The Morgan fingerprint density at radius 2 is 1.79 bits per heavy atom. The Bertz CT molecular complexity index is 905. The standard InChI is InChI=1S/C21H23N3O4.ClH/c1-13(20(25)24-16-6-7-18-19(11-16)28-9-8-27-18)23-21(26)17-10-14-4-2-3-5-15(14)12-22-17;/h2-7,11,13,17,22H,8-10,12H2,1H3,(H,23,26)(H,24,25);1H/t13-,17-;/m0./s1. The van der Waals surface area contributed by atoms with Crippen LogP contribution in [0.3, 0.4) is 0 Å². The molecule has 4 rings (SSSR count). The quantitative estimate of drug-likeness (QED) is 0.708. The number of anilines is 1. The summed E-state index contributed by atoms with van der Waals surface area (Å²) in [5, 5.41) is 8.83. The average molecular weight is 418 g/mol. The second-order valence-corrected chi connectivity index (χ2v) is 6.98. The predicted molar refractivity (Wildman–Crippen MR) is 112 cm³/mol. The van der Waals surface area contributed by atoms with Gasteiger partial charge in [-0.1, -0.05) is 24.3 Å². The summed E-state index contributed by atoms with van der Waals surface area (Å²) in [6.07, 6.45) is 0.610. The van der Waals surface area contributed by atoms with E-state index in [4.69, 9.17) is 9.47 Å². The first-order valence-electron chi connectivity index (χ1n) is 9.41. The highest BCUT2D eigenvalue weighted by Crippen LogP contribution is 2.32. The number of hydrogen-bond acceptors (Lipinski definition) is 5. The van der Waals surface area contributed by atoms with Crippen LogP contribution in [-0.2, 0) is 22.6 Å². The van der Waals surface area contributed by atoms with Gasteiger partial charge in [-0.05, 0) is 36.6 Å². The van der Waals surface area contributed by atoms with Gasteiger partial charge in [0.2, 0.25) is 11.8 Å². The summed E-state index contributed by atoms with van der Waals surface area (Å²) in [5.41, 5.74) is 2.96. The van der Waals surface area contributed by atoms with Crippen molar-refractivity contribution < 1.29 is 19.1 Å². The number of amides is 2. The van der Waals surface area contributed by atoms with Gasteiger partial charge in [-0.3, -0.25) is 9.59 Å². The lowest BCUT2D eigenvalue weighted by atomic mass is 9.95. The molecule has 0 fully saturated rings. The molecule has 0 saturated carbocycles. The monoisotopic (exact) mass is 417 g/mol. The van der Waals surface area contributed by atoms with E-state index < -0.39 is 6.04 Å². The summed E-state index contributed by atoms with van der Waals surface area (Å²) in [4.78, 5) is 25.1. The minimum absolute atomic E-state index is 0. The average Bonchev–Trinajstić information content (AvgIpc) is 2.73. The number of fused-ring (bicyclic) bond motifs is 2. The van der Waals surface area contributed by atoms with E-state index in [1.807, 2.05) is 18.2 Å². The number of halogens is 1. The van der Waals surface area contributed by atoms with Gasteiger partial charge in [0.25, 0.3) is 0 Å². The Hall–Kier alpha value is -2.77. The Morgan fingerprint density at radius 1 is 1.07 bits per heavy atom. The minimum Gasteiger partial charge on any atom is -0.486 e. The molecule has 2 heterocycles. The van der Waals surface area contributed by atoms with E-state index in [0.717, 1.165) is 5.56 Å². The van der Waals surface area contributed by atoms with Gasteiger partial charge in [0.1, 0.15) is 19.3 Å². The lowest BCUT2D eigenvalue weighted by molar-refractivity contribution is -0.127. The van der Waals surface area contributed by atoms with Crippen LogP contribution < -0.4 is 25.4 Å². The van der Waals surface area contributed by atoms with E-state index in [9.17, 15) is 9.59 Å². The summed E-state index contributed by atoms with van der Waals surface area (Å²) in [6.45, 7) is 3.31. The maximum atomic E-state index is 12.6. The van der Waals surface area contributed by atoms with Crippen LogP contribution in [-0.4, -0.2) is 37.1 Å². The van der Waals surface area contributed by atoms with Crippen molar-refractivity contribution in [3.05, 3.63) is 53.6 Å². The molecular formula is C21H24ClN3O4. The Labute approximate surface area is 175 Å². The number of carbonyl (C=O) groups excluding carboxylic acids is 2. The number of rotatable bonds is 4. The van der Waals surface area contributed by atoms with Crippen LogP contribution in [0.4, 0.5) is 5.69 Å². The van der Waals surface area contributed by atoms with E-state index >= 15 is 0 Å². The molecule has 0 aromatic heterocycles. The fourth-order valence-corrected chi connectivity index (χ4v) is 3.39. The first kappa shape index (κ1) is 21.0. The van der Waals surface area contributed by atoms with Gasteiger partial charge in [0.15, 0.2) is 11.5 Å². The predicted octanol–water partition coefficient (Wildman–Crippen LogP) is 2.04. The van der Waals surface area contributed by atoms with Crippen LogP contribution in [0.5, 0.6) is 11.5 Å². The molecule has 2 aromatic rings. The molecule has 7 nitrogen and oxygen atoms in total. The van der Waals surface area contributed by atoms with Crippen molar-refractivity contribution >= 4 is 29.9 Å². The molecule has 0 unspecified atom stereocenters. The zero-order valence-corrected chi connectivity index (χ0v) is 16.9. The number of hydrogen-bond donors (Lipinski definition) is 3. The van der Waals surface area contributed by atoms with Crippen molar-refractivity contribution in [1.82, 2.24) is 10.6 Å². The minimum atomic E-state index is -0.667. The van der Waals surface area contributed by atoms with Crippen LogP contribution in [0.1, 0.15) is 18.1 Å². The molecular weight excluding hydrogens is 394 g/mol. The molecule has 0 saturated heterocycles. The second kappa shape index (κ2) is 9.15. The summed E-state index contributed by atoms with van der Waals surface area (Å²) >= 11 is 0. The zero-order chi connectivity index (χ0) is 19.5. The number of ether oxygens (including phenoxy) is 2. The van der Waals surface area contributed by atoms with Crippen molar-refractivity contribution in [3.8, 4) is 11.5 Å². The normalized spacial score (nSPS) is 17.9. The summed E-state index contributed by atoms with van der Waals surface area (Å²) < 4.78 is 11.0. The highest BCUT2D eigenvalue weighted by molar-refractivity contribution is 5.97. The molecule has 3 N–H and O–H groups in total. The smallest absolute Gasteiger partial charge is 0.246 e. The highest BCUT2D eigenvalue weighted by Gasteiger charge is 2.26. The third-order valence-electron chi connectivity index (χ3n) is 4.96. The van der Waals surface area contributed by atoms with Crippen LogP contribution in [0.2, 0.25) is 0 Å². The van der Waals surface area contributed by atoms with E-state index in [-0.39, 0.29) is 30.3 Å². The first-order valence-corrected chi connectivity index (χ1v) is 9.41. The van der Waals surface area contributed by atoms with Gasteiger partial charge in [0, 0.05) is 18.3 Å². The molecule has 0 radical (unpaired) electrons. The summed E-state index contributed by atoms with van der Waals surface area (Å²) in [6, 6.07) is 12.3. The van der Waals surface area contributed by atoms with Crippen LogP contribution in [0, 0.1) is 0 Å². The summed E-state index contributed by atoms with van der Waals surface area (Å²) in [5.74, 6) is 0.792. The third-order valence-corrected chi connectivity index (χ3v) is 4.96. The van der Waals surface area contributed by atoms with Gasteiger partial charge in [-0.15, -0.1) is 12.4 Å². The molecule has 2 aliphatic rings. The third kappa shape index (κ3) is 4.81. The van der Waals surface area contributed by atoms with Gasteiger partial charge in [-0.2, -0.15) is 0 Å². The Kier molecular flexibility index (Phi) is 6.61. The molecule has 2 amide bonds. The van der Waals surface area contributed by atoms with Crippen molar-refractivity contribution in [2.24, 2.45) is 0 Å². The fourth-order valence-electron chi connectivity index (χ4n) is 3.39. The van der Waals surface area contributed by atoms with Gasteiger partial charge >= 0.3 is 0 Å². The molecule has 0 aliphatic carbocycles.